The van der Waals surface area contributed by atoms with E-state index in [1.807, 2.05) is 36.4 Å². The highest BCUT2D eigenvalue weighted by Gasteiger charge is 2.50. The van der Waals surface area contributed by atoms with Crippen molar-refractivity contribution >= 4 is 36.4 Å². The maximum atomic E-state index is 12.5. The summed E-state index contributed by atoms with van der Waals surface area (Å²) in [6.45, 7) is 9.02. The van der Waals surface area contributed by atoms with Gasteiger partial charge in [0, 0.05) is 57.2 Å². The van der Waals surface area contributed by atoms with Crippen LogP contribution in [0.1, 0.15) is 64.2 Å². The second kappa shape index (κ2) is 21.4. The normalized spacial score (nSPS) is 14.3. The van der Waals surface area contributed by atoms with Crippen LogP contribution in [-0.4, -0.2) is 67.0 Å². The van der Waals surface area contributed by atoms with E-state index in [1.54, 1.807) is 26.0 Å². The predicted octanol–water partition coefficient (Wildman–Crippen LogP) is 8.57. The average molecular weight is 745 g/mol. The molecule has 280 valence electrons. The van der Waals surface area contributed by atoms with Crippen LogP contribution < -0.4 is 10.4 Å². The molecule has 4 rings (SSSR count). The summed E-state index contributed by atoms with van der Waals surface area (Å²) >= 11 is 1.77. The van der Waals surface area contributed by atoms with Gasteiger partial charge >= 0.3 is 5.97 Å². The molecule has 4 aromatic carbocycles. The first kappa shape index (κ1) is 41.5. The Labute approximate surface area is 316 Å². The maximum absolute atomic E-state index is 12.5. The monoisotopic (exact) mass is 744 g/mol. The van der Waals surface area contributed by atoms with E-state index >= 15 is 0 Å². The number of carbonyl (C=O) groups excluding carboxylic acids is 1. The van der Waals surface area contributed by atoms with Crippen molar-refractivity contribution in [2.24, 2.45) is 0 Å². The van der Waals surface area contributed by atoms with E-state index in [0.717, 1.165) is 4.90 Å². The summed E-state index contributed by atoms with van der Waals surface area (Å²) in [6, 6.07) is 42.0. The van der Waals surface area contributed by atoms with Gasteiger partial charge in [-0.1, -0.05) is 130 Å². The van der Waals surface area contributed by atoms with Crippen molar-refractivity contribution < 1.29 is 32.9 Å². The fraction of sp³-hybridized carbons (Fsp3) is 0.419. The zero-order valence-electron chi connectivity index (χ0n) is 31.6. The van der Waals surface area contributed by atoms with Crippen LogP contribution in [0.2, 0.25) is 5.04 Å². The van der Waals surface area contributed by atoms with Crippen molar-refractivity contribution in [3.8, 4) is 0 Å². The lowest BCUT2D eigenvalue weighted by Crippen LogP contribution is -2.66. The zero-order chi connectivity index (χ0) is 37.2. The number of benzene rings is 4. The molecule has 0 saturated heterocycles. The van der Waals surface area contributed by atoms with Crippen molar-refractivity contribution in [1.82, 2.24) is 0 Å². The molecule has 9 heteroatoms. The van der Waals surface area contributed by atoms with Crippen LogP contribution in [0.3, 0.4) is 0 Å². The summed E-state index contributed by atoms with van der Waals surface area (Å²) in [4.78, 5) is 13.6. The molecule has 7 nitrogen and oxygen atoms in total. The molecule has 0 N–H and O–H groups in total. The molecule has 0 spiro atoms. The van der Waals surface area contributed by atoms with Crippen LogP contribution in [0.5, 0.6) is 0 Å². The van der Waals surface area contributed by atoms with Gasteiger partial charge in [-0.25, -0.2) is 0 Å². The Balaban J connectivity index is 1.56. The lowest BCUT2D eigenvalue weighted by atomic mass is 9.98. The third kappa shape index (κ3) is 12.4. The van der Waals surface area contributed by atoms with Gasteiger partial charge in [-0.2, -0.15) is 0 Å². The van der Waals surface area contributed by atoms with E-state index < -0.39 is 14.4 Å². The van der Waals surface area contributed by atoms with Crippen LogP contribution in [-0.2, 0) is 32.9 Å². The quantitative estimate of drug-likeness (QED) is 0.0343. The lowest BCUT2D eigenvalue weighted by Gasteiger charge is -2.43. The SMILES string of the molecule is COCO[C@H](C[C@H](CCO[Si](c1ccccc1)(c1ccccc1)C(C)(C)C)OCOC)C[C@@H](CC(Sc1ccccc1)c1ccccc1)OC(C)=O. The van der Waals surface area contributed by atoms with E-state index in [-0.39, 0.29) is 42.1 Å². The van der Waals surface area contributed by atoms with Gasteiger partial charge in [0.05, 0.1) is 12.2 Å². The van der Waals surface area contributed by atoms with Crippen LogP contribution in [0, 0.1) is 0 Å². The Kier molecular flexibility index (Phi) is 17.1. The Morgan fingerprint density at radius 3 is 1.63 bits per heavy atom. The Morgan fingerprint density at radius 2 is 1.13 bits per heavy atom. The molecule has 0 aromatic heterocycles. The fourth-order valence-electron chi connectivity index (χ4n) is 6.77. The smallest absolute Gasteiger partial charge is 0.302 e. The molecule has 52 heavy (non-hydrogen) atoms. The molecule has 0 bridgehead atoms. The van der Waals surface area contributed by atoms with Crippen molar-refractivity contribution in [2.75, 3.05) is 34.4 Å². The molecule has 0 aliphatic heterocycles. The zero-order valence-corrected chi connectivity index (χ0v) is 33.4. The van der Waals surface area contributed by atoms with Gasteiger partial charge in [0.2, 0.25) is 0 Å². The van der Waals surface area contributed by atoms with Gasteiger partial charge in [0.25, 0.3) is 8.32 Å². The Morgan fingerprint density at radius 1 is 0.654 bits per heavy atom. The second-order valence-electron chi connectivity index (χ2n) is 14.0. The summed E-state index contributed by atoms with van der Waals surface area (Å²) in [5.74, 6) is -0.321. The molecule has 0 amide bonds. The molecule has 0 aliphatic rings. The first-order chi connectivity index (χ1) is 25.2. The van der Waals surface area contributed by atoms with E-state index in [4.69, 9.17) is 28.1 Å². The van der Waals surface area contributed by atoms with Gasteiger partial charge in [0.1, 0.15) is 19.7 Å². The number of ether oxygens (including phenoxy) is 5. The predicted molar refractivity (Wildman–Crippen MR) is 213 cm³/mol. The van der Waals surface area contributed by atoms with Crippen LogP contribution >= 0.6 is 11.8 Å². The lowest BCUT2D eigenvalue weighted by molar-refractivity contribution is -0.152. The van der Waals surface area contributed by atoms with E-state index in [1.165, 1.54) is 22.9 Å². The highest BCUT2D eigenvalue weighted by atomic mass is 32.2. The summed E-state index contributed by atoms with van der Waals surface area (Å²) in [6.07, 6.45) is 1.27. The fourth-order valence-corrected chi connectivity index (χ4v) is 12.6. The van der Waals surface area contributed by atoms with Crippen LogP contribution in [0.15, 0.2) is 126 Å². The number of hydrogen-bond acceptors (Lipinski definition) is 8. The highest BCUT2D eigenvalue weighted by Crippen LogP contribution is 2.40. The number of thioether (sulfide) groups is 1. The topological polar surface area (TPSA) is 72.5 Å². The first-order valence-electron chi connectivity index (χ1n) is 18.1. The molecule has 4 aromatic rings. The molecule has 4 atom stereocenters. The average Bonchev–Trinajstić information content (AvgIpc) is 3.15. The molecular formula is C43H56O7SSi. The number of rotatable bonds is 22. The van der Waals surface area contributed by atoms with E-state index in [2.05, 4.69) is 106 Å². The van der Waals surface area contributed by atoms with Crippen molar-refractivity contribution in [3.05, 3.63) is 127 Å². The minimum Gasteiger partial charge on any atom is -0.462 e. The van der Waals surface area contributed by atoms with Crippen molar-refractivity contribution in [3.63, 3.8) is 0 Å². The molecule has 0 aliphatic carbocycles. The maximum Gasteiger partial charge on any atom is 0.302 e. The van der Waals surface area contributed by atoms with Gasteiger partial charge in [-0.3, -0.25) is 4.79 Å². The minimum absolute atomic E-state index is 0.0522. The third-order valence-electron chi connectivity index (χ3n) is 9.07. The van der Waals surface area contributed by atoms with Crippen LogP contribution in [0.25, 0.3) is 0 Å². The molecule has 0 radical (unpaired) electrons. The Hall–Kier alpha value is -3.28. The number of methoxy groups -OCH3 is 2. The number of esters is 1. The van der Waals surface area contributed by atoms with Gasteiger partial charge in [-0.15, -0.1) is 11.8 Å². The summed E-state index contributed by atoms with van der Waals surface area (Å²) in [7, 11) is 0.501. The van der Waals surface area contributed by atoms with Crippen molar-refractivity contribution in [1.29, 1.82) is 0 Å². The highest BCUT2D eigenvalue weighted by molar-refractivity contribution is 7.99. The summed E-state index contributed by atoms with van der Waals surface area (Å²) in [5, 5.41) is 2.37. The number of carbonyl (C=O) groups is 1. The van der Waals surface area contributed by atoms with Crippen molar-refractivity contribution in [2.45, 2.75) is 86.9 Å². The van der Waals surface area contributed by atoms with Gasteiger partial charge in [-0.05, 0) is 39.5 Å². The van der Waals surface area contributed by atoms with Gasteiger partial charge in [0.15, 0.2) is 0 Å². The number of hydrogen-bond donors (Lipinski definition) is 0. The van der Waals surface area contributed by atoms with Crippen LogP contribution in [0.4, 0.5) is 0 Å². The Bertz CT molecular complexity index is 1510. The van der Waals surface area contributed by atoms with Gasteiger partial charge < -0.3 is 28.1 Å². The summed E-state index contributed by atoms with van der Waals surface area (Å²) in [5.41, 5.74) is 1.17. The standard InChI is InChI=1S/C43H56O7SSi/c1-34(44)50-38(31-42(35-19-11-7-12-20-35)51-39-21-13-8-14-22-39)30-37(48-33-46-6)29-36(47-32-45-5)27-28-49-52(43(2,3)4,40-23-15-9-16-24-40)41-25-17-10-18-26-41/h7-26,36-38,42H,27-33H2,1-6H3/t36-,37+,38-,42?/m0/s1. The molecular weight excluding hydrogens is 689 g/mol. The molecule has 0 fully saturated rings. The molecule has 1 unspecified atom stereocenters. The minimum atomic E-state index is -2.73. The second-order valence-corrected chi connectivity index (χ2v) is 19.5. The molecule has 0 saturated carbocycles. The largest absolute Gasteiger partial charge is 0.462 e. The first-order valence-corrected chi connectivity index (χ1v) is 20.8. The summed E-state index contributed by atoms with van der Waals surface area (Å²) < 4.78 is 36.5. The molecule has 0 heterocycles. The third-order valence-corrected chi connectivity index (χ3v) is 15.4. The van der Waals surface area contributed by atoms with E-state index in [0.29, 0.717) is 32.3 Å². The van der Waals surface area contributed by atoms with E-state index in [9.17, 15) is 4.79 Å².